The van der Waals surface area contributed by atoms with Gasteiger partial charge in [-0.1, -0.05) is 0 Å². The number of hydrogen-bond donors (Lipinski definition) is 1. The molecule has 0 aromatic heterocycles. The summed E-state index contributed by atoms with van der Waals surface area (Å²) in [6, 6.07) is 0. The van der Waals surface area contributed by atoms with Gasteiger partial charge in [-0.25, -0.2) is 4.79 Å². The topological polar surface area (TPSA) is 37.3 Å². The highest BCUT2D eigenvalue weighted by Crippen LogP contribution is 1.87. The van der Waals surface area contributed by atoms with E-state index in [0.29, 0.717) is 0 Å². The summed E-state index contributed by atoms with van der Waals surface area (Å²) in [7, 11) is 0. The van der Waals surface area contributed by atoms with E-state index in [9.17, 15) is 8.78 Å². The Balaban J connectivity index is 0. The molecule has 0 rings (SSSR count). The highest BCUT2D eigenvalue weighted by molar-refractivity contribution is 5.75. The van der Waals surface area contributed by atoms with E-state index in [1.54, 1.807) is 0 Å². The van der Waals surface area contributed by atoms with Crippen LogP contribution in [-0.4, -0.2) is 40.6 Å². The molecule has 0 saturated heterocycles. The van der Waals surface area contributed by atoms with Gasteiger partial charge in [-0.05, 0) is 0 Å². The minimum absolute atomic E-state index is 0. The Morgan fingerprint density at radius 2 is 1.71 bits per heavy atom. The van der Waals surface area contributed by atoms with Gasteiger partial charge >= 0.3 is 35.4 Å². The maximum absolute atomic E-state index is 10.6. The van der Waals surface area contributed by atoms with Crippen LogP contribution in [0, 0.1) is 0 Å². The van der Waals surface area contributed by atoms with Crippen molar-refractivity contribution in [3.05, 3.63) is 0 Å². The van der Waals surface area contributed by atoms with E-state index in [4.69, 9.17) is 9.90 Å². The molecular weight excluding hydrogens is 118 g/mol. The van der Waals surface area contributed by atoms with Gasteiger partial charge in [0, 0.05) is 0 Å². The predicted octanol–water partition coefficient (Wildman–Crippen LogP) is -0.580. The van der Waals surface area contributed by atoms with E-state index < -0.39 is 12.4 Å². The van der Waals surface area contributed by atoms with Crippen LogP contribution in [0.3, 0.4) is 0 Å². The van der Waals surface area contributed by atoms with Crippen LogP contribution in [0.5, 0.6) is 0 Å². The molecule has 5 heteroatoms. The first kappa shape index (κ1) is 10.2. The van der Waals surface area contributed by atoms with Crippen LogP contribution < -0.4 is 0 Å². The second-order valence-electron chi connectivity index (χ2n) is 0.639. The monoisotopic (exact) mass is 122 g/mol. The summed E-state index contributed by atoms with van der Waals surface area (Å²) < 4.78 is 21.1. The van der Waals surface area contributed by atoms with Crippen LogP contribution in [0.4, 0.5) is 8.78 Å². The largest absolute Gasteiger partial charge is 0.477 e. The minimum Gasteiger partial charge on any atom is -0.477 e. The quantitative estimate of drug-likeness (QED) is 0.473. The Labute approximate surface area is 54.7 Å². The third-order valence-electron chi connectivity index (χ3n) is 0.187. The van der Waals surface area contributed by atoms with E-state index in [1.165, 1.54) is 0 Å². The maximum Gasteiger partial charge on any atom is 0.371 e. The lowest BCUT2D eigenvalue weighted by molar-refractivity contribution is -0.149. The maximum atomic E-state index is 10.6. The van der Waals surface area contributed by atoms with Crippen molar-refractivity contribution < 1.29 is 18.7 Å². The van der Waals surface area contributed by atoms with E-state index >= 15 is 0 Å². The van der Waals surface area contributed by atoms with Crippen LogP contribution in [0.25, 0.3) is 0 Å². The second kappa shape index (κ2) is 4.26. The Morgan fingerprint density at radius 1 is 1.57 bits per heavy atom. The standard InChI is InChI=1S/C2H2F2O2.Mg.2H/c3-1(4)2(5)6;;;/h1H,(H,5,6);;;. The van der Waals surface area contributed by atoms with Crippen LogP contribution in [0.15, 0.2) is 0 Å². The zero-order chi connectivity index (χ0) is 5.15. The summed E-state index contributed by atoms with van der Waals surface area (Å²) in [5.74, 6) is -2.07. The number of carbonyl (C=O) groups is 1. The summed E-state index contributed by atoms with van der Waals surface area (Å²) in [6.45, 7) is 0. The first-order valence-electron chi connectivity index (χ1n) is 1.15. The number of carboxylic acid groups (broad SMARTS) is 1. The van der Waals surface area contributed by atoms with Crippen molar-refractivity contribution in [1.29, 1.82) is 0 Å². The molecule has 7 heavy (non-hydrogen) atoms. The van der Waals surface area contributed by atoms with Crippen LogP contribution in [-0.2, 0) is 4.79 Å². The third-order valence-corrected chi connectivity index (χ3v) is 0.187. The van der Waals surface area contributed by atoms with Crippen molar-refractivity contribution in [3.63, 3.8) is 0 Å². The fraction of sp³-hybridized carbons (Fsp3) is 0.500. The molecule has 40 valence electrons. The van der Waals surface area contributed by atoms with Crippen molar-refractivity contribution >= 4 is 29.0 Å². The fourth-order valence-electron chi connectivity index (χ4n) is 0. The molecule has 0 aliphatic rings. The van der Waals surface area contributed by atoms with Crippen molar-refractivity contribution in [3.8, 4) is 0 Å². The van der Waals surface area contributed by atoms with Crippen LogP contribution in [0.2, 0.25) is 0 Å². The molecule has 0 heterocycles. The van der Waals surface area contributed by atoms with Crippen molar-refractivity contribution in [2.45, 2.75) is 6.43 Å². The SMILES string of the molecule is O=C(O)C(F)F.[MgH2]. The molecule has 0 aromatic carbocycles. The molecule has 0 aromatic rings. The second-order valence-corrected chi connectivity index (χ2v) is 0.639. The molecule has 0 atom stereocenters. The Hall–Kier alpha value is 0.0962. The van der Waals surface area contributed by atoms with E-state index in [0.717, 1.165) is 0 Å². The smallest absolute Gasteiger partial charge is 0.371 e. The van der Waals surface area contributed by atoms with E-state index in [2.05, 4.69) is 0 Å². The summed E-state index contributed by atoms with van der Waals surface area (Å²) in [6.07, 6.45) is -3.23. The number of halogens is 2. The van der Waals surface area contributed by atoms with Gasteiger partial charge in [0.1, 0.15) is 0 Å². The van der Waals surface area contributed by atoms with Gasteiger partial charge in [0.2, 0.25) is 0 Å². The Morgan fingerprint density at radius 3 is 1.71 bits per heavy atom. The number of hydrogen-bond acceptors (Lipinski definition) is 1. The molecule has 0 saturated carbocycles. The minimum atomic E-state index is -3.23. The lowest BCUT2D eigenvalue weighted by Gasteiger charge is -1.81. The van der Waals surface area contributed by atoms with Gasteiger partial charge in [-0.15, -0.1) is 0 Å². The summed E-state index contributed by atoms with van der Waals surface area (Å²) >= 11 is 0. The number of rotatable bonds is 1. The molecule has 0 unspecified atom stereocenters. The van der Waals surface area contributed by atoms with E-state index in [1.807, 2.05) is 0 Å². The van der Waals surface area contributed by atoms with Crippen LogP contribution >= 0.6 is 0 Å². The normalized spacial score (nSPS) is 7.86. The number of aliphatic carboxylic acids is 1. The molecule has 0 aliphatic heterocycles. The molecule has 0 bridgehead atoms. The Kier molecular flexibility index (Phi) is 6.18. The van der Waals surface area contributed by atoms with Crippen molar-refractivity contribution in [1.82, 2.24) is 0 Å². The van der Waals surface area contributed by atoms with Gasteiger partial charge < -0.3 is 5.11 Å². The number of carboxylic acids is 1. The van der Waals surface area contributed by atoms with Gasteiger partial charge in [0.25, 0.3) is 0 Å². The summed E-state index contributed by atoms with van der Waals surface area (Å²) in [5.41, 5.74) is 0. The van der Waals surface area contributed by atoms with Gasteiger partial charge in [-0.3, -0.25) is 0 Å². The van der Waals surface area contributed by atoms with Gasteiger partial charge in [-0.2, -0.15) is 8.78 Å². The Bertz CT molecular complexity index is 64.7. The molecule has 2 nitrogen and oxygen atoms in total. The van der Waals surface area contributed by atoms with Gasteiger partial charge in [0.15, 0.2) is 0 Å². The molecule has 0 aliphatic carbocycles. The number of alkyl halides is 2. The third kappa shape index (κ3) is 6.10. The first-order chi connectivity index (χ1) is 2.64. The summed E-state index contributed by atoms with van der Waals surface area (Å²) in [5, 5.41) is 7.24. The fourth-order valence-corrected chi connectivity index (χ4v) is 0. The molecule has 0 amide bonds. The van der Waals surface area contributed by atoms with Crippen LogP contribution in [0.1, 0.15) is 0 Å². The van der Waals surface area contributed by atoms with Crippen molar-refractivity contribution in [2.75, 3.05) is 0 Å². The highest BCUT2D eigenvalue weighted by Gasteiger charge is 2.10. The summed E-state index contributed by atoms with van der Waals surface area (Å²) in [4.78, 5) is 8.95. The highest BCUT2D eigenvalue weighted by atomic mass is 24.3. The molecule has 1 N–H and O–H groups in total. The zero-order valence-electron chi connectivity index (χ0n) is 2.69. The zero-order valence-corrected chi connectivity index (χ0v) is 2.69. The lowest BCUT2D eigenvalue weighted by atomic mass is 10.7. The molecule has 0 fully saturated rings. The molecular formula is C2H4F2MgO2. The molecule has 0 spiro atoms. The lowest BCUT2D eigenvalue weighted by Crippen LogP contribution is -2.06. The van der Waals surface area contributed by atoms with Gasteiger partial charge in [0.05, 0.1) is 0 Å². The average molecular weight is 122 g/mol. The van der Waals surface area contributed by atoms with E-state index in [-0.39, 0.29) is 23.1 Å². The molecule has 0 radical (unpaired) electrons. The average Bonchev–Trinajstić information content (AvgIpc) is 1.36. The van der Waals surface area contributed by atoms with Crippen molar-refractivity contribution in [2.24, 2.45) is 0 Å². The first-order valence-corrected chi connectivity index (χ1v) is 1.15. The predicted molar refractivity (Wildman–Crippen MR) is 22.2 cm³/mol.